The van der Waals surface area contributed by atoms with Crippen LogP contribution in [0.3, 0.4) is 0 Å². The first-order chi connectivity index (χ1) is 11.3. The molecule has 126 valence electrons. The Morgan fingerprint density at radius 3 is 2.58 bits per heavy atom. The minimum atomic E-state index is -3.69. The van der Waals surface area contributed by atoms with Gasteiger partial charge < -0.3 is 9.30 Å². The number of imidazole rings is 1. The van der Waals surface area contributed by atoms with Crippen LogP contribution in [0.2, 0.25) is 0 Å². The molecule has 6 nitrogen and oxygen atoms in total. The summed E-state index contributed by atoms with van der Waals surface area (Å²) in [7, 11) is -0.236. The topological polar surface area (TPSA) is 73.2 Å². The van der Waals surface area contributed by atoms with Crippen LogP contribution in [0.4, 0.5) is 5.69 Å². The number of fused-ring (bicyclic) bond motifs is 1. The first-order valence-corrected chi connectivity index (χ1v) is 8.89. The average molecular weight is 345 g/mol. The highest BCUT2D eigenvalue weighted by atomic mass is 32.2. The van der Waals surface area contributed by atoms with E-state index in [-0.39, 0.29) is 4.90 Å². The van der Waals surface area contributed by atoms with E-state index in [0.717, 1.165) is 16.6 Å². The van der Waals surface area contributed by atoms with Gasteiger partial charge in [-0.3, -0.25) is 4.72 Å². The predicted octanol–water partition coefficient (Wildman–Crippen LogP) is 3.00. The molecule has 7 heteroatoms. The second kappa shape index (κ2) is 5.83. The van der Waals surface area contributed by atoms with Crippen molar-refractivity contribution in [1.29, 1.82) is 0 Å². The van der Waals surface area contributed by atoms with E-state index in [1.165, 1.54) is 0 Å². The monoisotopic (exact) mass is 345 g/mol. The van der Waals surface area contributed by atoms with Gasteiger partial charge in [-0.1, -0.05) is 0 Å². The highest BCUT2D eigenvalue weighted by molar-refractivity contribution is 7.92. The van der Waals surface area contributed by atoms with Gasteiger partial charge in [0.05, 0.1) is 35.1 Å². The zero-order valence-electron chi connectivity index (χ0n) is 14.0. The van der Waals surface area contributed by atoms with E-state index < -0.39 is 10.0 Å². The molecule has 0 amide bonds. The van der Waals surface area contributed by atoms with Gasteiger partial charge in [0.2, 0.25) is 0 Å². The number of nitrogens with zero attached hydrogens (tertiary/aromatic N) is 2. The Labute approximate surface area is 141 Å². The largest absolute Gasteiger partial charge is 0.496 e. The molecule has 0 atom stereocenters. The molecule has 0 aliphatic heterocycles. The zero-order chi connectivity index (χ0) is 17.5. The van der Waals surface area contributed by atoms with Gasteiger partial charge in [-0.15, -0.1) is 0 Å². The van der Waals surface area contributed by atoms with Crippen LogP contribution < -0.4 is 9.46 Å². The summed E-state index contributed by atoms with van der Waals surface area (Å²) in [5.74, 6) is 0.668. The molecule has 3 rings (SSSR count). The second-order valence-corrected chi connectivity index (χ2v) is 7.40. The maximum atomic E-state index is 12.7. The van der Waals surface area contributed by atoms with Crippen molar-refractivity contribution in [2.45, 2.75) is 18.7 Å². The molecule has 1 aromatic heterocycles. The molecular formula is C17H19N3O3S. The van der Waals surface area contributed by atoms with Gasteiger partial charge in [-0.2, -0.15) is 0 Å². The summed E-state index contributed by atoms with van der Waals surface area (Å²) in [4.78, 5) is 4.49. The summed E-state index contributed by atoms with van der Waals surface area (Å²) >= 11 is 0. The molecule has 0 aliphatic rings. The fraction of sp³-hybridized carbons (Fsp3) is 0.235. The number of anilines is 1. The van der Waals surface area contributed by atoms with Crippen LogP contribution in [-0.4, -0.2) is 25.1 Å². The molecular weight excluding hydrogens is 326 g/mol. The molecule has 1 heterocycles. The molecule has 24 heavy (non-hydrogen) atoms. The first kappa shape index (κ1) is 16.3. The Balaban J connectivity index is 1.99. The van der Waals surface area contributed by atoms with Crippen LogP contribution in [0.15, 0.2) is 41.6 Å². The van der Waals surface area contributed by atoms with Crippen LogP contribution in [-0.2, 0) is 17.1 Å². The Morgan fingerprint density at radius 1 is 1.12 bits per heavy atom. The van der Waals surface area contributed by atoms with Crippen molar-refractivity contribution >= 4 is 26.7 Å². The third kappa shape index (κ3) is 2.82. The number of aryl methyl sites for hydroxylation is 3. The minimum Gasteiger partial charge on any atom is -0.496 e. The average Bonchev–Trinajstić information content (AvgIpc) is 2.89. The van der Waals surface area contributed by atoms with Crippen molar-refractivity contribution in [3.63, 3.8) is 0 Å². The van der Waals surface area contributed by atoms with E-state index >= 15 is 0 Å². The second-order valence-electron chi connectivity index (χ2n) is 5.75. The van der Waals surface area contributed by atoms with Crippen LogP contribution in [0.1, 0.15) is 11.1 Å². The SMILES string of the molecule is COc1cc(C)c(S(=O)(=O)Nc2ccc3c(c2)ncn3C)cc1C. The van der Waals surface area contributed by atoms with Crippen LogP contribution in [0, 0.1) is 13.8 Å². The number of ether oxygens (including phenoxy) is 1. The number of benzene rings is 2. The predicted molar refractivity (Wildman–Crippen MR) is 94.0 cm³/mol. The fourth-order valence-electron chi connectivity index (χ4n) is 2.68. The van der Waals surface area contributed by atoms with E-state index in [9.17, 15) is 8.42 Å². The van der Waals surface area contributed by atoms with Crippen LogP contribution in [0.5, 0.6) is 5.75 Å². The van der Waals surface area contributed by atoms with E-state index in [0.29, 0.717) is 17.0 Å². The third-order valence-corrected chi connectivity index (χ3v) is 5.48. The molecule has 2 aromatic carbocycles. The molecule has 0 fully saturated rings. The summed E-state index contributed by atoms with van der Waals surface area (Å²) in [5, 5.41) is 0. The Morgan fingerprint density at radius 2 is 1.88 bits per heavy atom. The maximum Gasteiger partial charge on any atom is 0.262 e. The van der Waals surface area contributed by atoms with Gasteiger partial charge in [0.15, 0.2) is 0 Å². The van der Waals surface area contributed by atoms with Crippen molar-refractivity contribution in [2.24, 2.45) is 7.05 Å². The van der Waals surface area contributed by atoms with E-state index in [1.807, 2.05) is 24.6 Å². The molecule has 0 saturated carbocycles. The molecule has 0 aliphatic carbocycles. The molecule has 0 spiro atoms. The highest BCUT2D eigenvalue weighted by Crippen LogP contribution is 2.27. The normalized spacial score (nSPS) is 11.7. The summed E-state index contributed by atoms with van der Waals surface area (Å²) in [6, 6.07) is 8.64. The quantitative estimate of drug-likeness (QED) is 0.789. The van der Waals surface area contributed by atoms with Gasteiger partial charge >= 0.3 is 0 Å². The lowest BCUT2D eigenvalue weighted by atomic mass is 10.1. The molecule has 0 bridgehead atoms. The summed E-state index contributed by atoms with van der Waals surface area (Å²) in [5.41, 5.74) is 3.55. The van der Waals surface area contributed by atoms with Crippen molar-refractivity contribution in [1.82, 2.24) is 9.55 Å². The van der Waals surface area contributed by atoms with Crippen LogP contribution in [0.25, 0.3) is 11.0 Å². The smallest absolute Gasteiger partial charge is 0.262 e. The van der Waals surface area contributed by atoms with E-state index in [1.54, 1.807) is 44.6 Å². The van der Waals surface area contributed by atoms with Gasteiger partial charge in [0.1, 0.15) is 5.75 Å². The molecule has 0 unspecified atom stereocenters. The maximum absolute atomic E-state index is 12.7. The number of aromatic nitrogens is 2. The minimum absolute atomic E-state index is 0.238. The molecule has 3 aromatic rings. The summed E-state index contributed by atoms with van der Waals surface area (Å²) in [6.07, 6.45) is 1.69. The van der Waals surface area contributed by atoms with E-state index in [4.69, 9.17) is 4.74 Å². The van der Waals surface area contributed by atoms with Gasteiger partial charge in [-0.05, 0) is 55.3 Å². The number of hydrogen-bond acceptors (Lipinski definition) is 4. The van der Waals surface area contributed by atoms with Gasteiger partial charge in [-0.25, -0.2) is 13.4 Å². The lowest BCUT2D eigenvalue weighted by Crippen LogP contribution is -2.14. The number of rotatable bonds is 4. The molecule has 0 saturated heterocycles. The number of sulfonamides is 1. The van der Waals surface area contributed by atoms with Crippen molar-refractivity contribution in [3.05, 3.63) is 47.8 Å². The van der Waals surface area contributed by atoms with E-state index in [2.05, 4.69) is 9.71 Å². The fourth-order valence-corrected chi connectivity index (χ4v) is 4.04. The number of nitrogens with one attached hydrogen (secondary N) is 1. The van der Waals surface area contributed by atoms with Crippen molar-refractivity contribution < 1.29 is 13.2 Å². The Hall–Kier alpha value is -2.54. The zero-order valence-corrected chi connectivity index (χ0v) is 14.8. The number of methoxy groups -OCH3 is 1. The molecule has 0 radical (unpaired) electrons. The van der Waals surface area contributed by atoms with Crippen molar-refractivity contribution in [3.8, 4) is 5.75 Å². The highest BCUT2D eigenvalue weighted by Gasteiger charge is 2.19. The standard InChI is InChI=1S/C17H19N3O3S/c1-11-8-17(12(2)7-16(11)23-4)24(21,22)19-13-5-6-15-14(9-13)18-10-20(15)3/h5-10,19H,1-4H3. The summed E-state index contributed by atoms with van der Waals surface area (Å²) < 4.78 is 35.2. The third-order valence-electron chi connectivity index (χ3n) is 3.96. The summed E-state index contributed by atoms with van der Waals surface area (Å²) in [6.45, 7) is 3.57. The Kier molecular flexibility index (Phi) is 3.96. The van der Waals surface area contributed by atoms with Gasteiger partial charge in [0.25, 0.3) is 10.0 Å². The Bertz CT molecular complexity index is 1020. The lowest BCUT2D eigenvalue weighted by Gasteiger charge is -2.13. The van der Waals surface area contributed by atoms with Crippen LogP contribution >= 0.6 is 0 Å². The van der Waals surface area contributed by atoms with Gasteiger partial charge in [0, 0.05) is 7.05 Å². The van der Waals surface area contributed by atoms with Crippen molar-refractivity contribution in [2.75, 3.05) is 11.8 Å². The lowest BCUT2D eigenvalue weighted by molar-refractivity contribution is 0.411. The molecule has 1 N–H and O–H groups in total. The number of hydrogen-bond donors (Lipinski definition) is 1. The first-order valence-electron chi connectivity index (χ1n) is 7.41.